The lowest BCUT2D eigenvalue weighted by atomic mass is 10.0. The van der Waals surface area contributed by atoms with Crippen molar-refractivity contribution < 1.29 is 9.53 Å². The fourth-order valence-corrected chi connectivity index (χ4v) is 3.86. The monoisotopic (exact) mass is 350 g/mol. The summed E-state index contributed by atoms with van der Waals surface area (Å²) in [6.07, 6.45) is 1.02. The van der Waals surface area contributed by atoms with Gasteiger partial charge in [0.25, 0.3) is 5.91 Å². The van der Waals surface area contributed by atoms with Gasteiger partial charge in [0, 0.05) is 44.7 Å². The largest absolute Gasteiger partial charge is 0.493 e. The molecule has 2 aliphatic rings. The van der Waals surface area contributed by atoms with Crippen LogP contribution in [0.1, 0.15) is 32.6 Å². The standard InChI is InChI=1S/C22H26N2O2/c1-16-4-3-5-20(17(16)2)22(25)24-11-9-23(10-12-24)15-18-6-7-21-19(14-18)8-13-26-21/h3-7,14H,8-13,15H2,1-2H3. The molecule has 0 bridgehead atoms. The van der Waals surface area contributed by atoms with Gasteiger partial charge in [-0.15, -0.1) is 0 Å². The third-order valence-corrected chi connectivity index (χ3v) is 5.65. The van der Waals surface area contributed by atoms with Crippen LogP contribution in [0, 0.1) is 13.8 Å². The van der Waals surface area contributed by atoms with Crippen molar-refractivity contribution in [3.63, 3.8) is 0 Å². The van der Waals surface area contributed by atoms with Gasteiger partial charge in [-0.25, -0.2) is 0 Å². The molecule has 2 aromatic carbocycles. The summed E-state index contributed by atoms with van der Waals surface area (Å²) in [4.78, 5) is 17.3. The average molecular weight is 350 g/mol. The number of aryl methyl sites for hydroxylation is 1. The molecule has 2 heterocycles. The van der Waals surface area contributed by atoms with Crippen LogP contribution in [0.2, 0.25) is 0 Å². The first kappa shape index (κ1) is 17.1. The minimum atomic E-state index is 0.167. The number of carbonyl (C=O) groups is 1. The number of benzene rings is 2. The molecule has 0 aliphatic carbocycles. The van der Waals surface area contributed by atoms with Gasteiger partial charge >= 0.3 is 0 Å². The van der Waals surface area contributed by atoms with E-state index in [0.29, 0.717) is 0 Å². The van der Waals surface area contributed by atoms with Gasteiger partial charge in [0.15, 0.2) is 0 Å². The Bertz CT molecular complexity index is 823. The Morgan fingerprint density at radius 2 is 1.88 bits per heavy atom. The lowest BCUT2D eigenvalue weighted by Gasteiger charge is -2.35. The summed E-state index contributed by atoms with van der Waals surface area (Å²) in [5, 5.41) is 0. The van der Waals surface area contributed by atoms with E-state index < -0.39 is 0 Å². The van der Waals surface area contributed by atoms with Gasteiger partial charge in [-0.2, -0.15) is 0 Å². The number of ether oxygens (including phenoxy) is 1. The number of piperazine rings is 1. The van der Waals surface area contributed by atoms with E-state index in [1.165, 1.54) is 16.7 Å². The van der Waals surface area contributed by atoms with Gasteiger partial charge in [-0.05, 0) is 48.2 Å². The zero-order valence-electron chi connectivity index (χ0n) is 15.6. The van der Waals surface area contributed by atoms with E-state index in [1.807, 2.05) is 24.0 Å². The second-order valence-electron chi connectivity index (χ2n) is 7.36. The molecule has 2 aromatic rings. The van der Waals surface area contributed by atoms with Gasteiger partial charge in [0.1, 0.15) is 5.75 Å². The molecule has 0 unspecified atom stereocenters. The van der Waals surface area contributed by atoms with Crippen LogP contribution in [-0.2, 0) is 13.0 Å². The highest BCUT2D eigenvalue weighted by Crippen LogP contribution is 2.26. The van der Waals surface area contributed by atoms with Crippen LogP contribution in [0.25, 0.3) is 0 Å². The minimum absolute atomic E-state index is 0.167. The van der Waals surface area contributed by atoms with Crippen LogP contribution >= 0.6 is 0 Å². The summed E-state index contributed by atoms with van der Waals surface area (Å²) in [7, 11) is 0. The van der Waals surface area contributed by atoms with Crippen molar-refractivity contribution in [2.24, 2.45) is 0 Å². The maximum absolute atomic E-state index is 12.9. The van der Waals surface area contributed by atoms with Gasteiger partial charge in [0.05, 0.1) is 6.61 Å². The Hall–Kier alpha value is -2.33. The summed E-state index contributed by atoms with van der Waals surface area (Å²) in [5.74, 6) is 1.21. The molecule has 4 heteroatoms. The molecule has 0 saturated carbocycles. The second kappa shape index (κ2) is 7.12. The molecule has 0 N–H and O–H groups in total. The van der Waals surface area contributed by atoms with Crippen molar-refractivity contribution >= 4 is 5.91 Å². The van der Waals surface area contributed by atoms with E-state index in [4.69, 9.17) is 4.74 Å². The topological polar surface area (TPSA) is 32.8 Å². The molecule has 1 fully saturated rings. The molecular formula is C22H26N2O2. The fraction of sp³-hybridized carbons (Fsp3) is 0.409. The molecule has 136 valence electrons. The number of fused-ring (bicyclic) bond motifs is 1. The van der Waals surface area contributed by atoms with Crippen LogP contribution in [0.3, 0.4) is 0 Å². The highest BCUT2D eigenvalue weighted by Gasteiger charge is 2.23. The molecule has 4 rings (SSSR count). The normalized spacial score (nSPS) is 17.1. The Labute approximate surface area is 155 Å². The average Bonchev–Trinajstić information content (AvgIpc) is 3.12. The van der Waals surface area contributed by atoms with E-state index in [1.54, 1.807) is 0 Å². The third kappa shape index (κ3) is 3.34. The lowest BCUT2D eigenvalue weighted by Crippen LogP contribution is -2.48. The Kier molecular flexibility index (Phi) is 4.68. The maximum Gasteiger partial charge on any atom is 0.254 e. The van der Waals surface area contributed by atoms with Crippen LogP contribution in [0.4, 0.5) is 0 Å². The van der Waals surface area contributed by atoms with Crippen molar-refractivity contribution in [2.45, 2.75) is 26.8 Å². The minimum Gasteiger partial charge on any atom is -0.493 e. The highest BCUT2D eigenvalue weighted by atomic mass is 16.5. The fourth-order valence-electron chi connectivity index (χ4n) is 3.86. The number of rotatable bonds is 3. The van der Waals surface area contributed by atoms with E-state index in [-0.39, 0.29) is 5.91 Å². The van der Waals surface area contributed by atoms with Crippen molar-refractivity contribution in [1.29, 1.82) is 0 Å². The SMILES string of the molecule is Cc1cccc(C(=O)N2CCN(Cc3ccc4c(c3)CCO4)CC2)c1C. The van der Waals surface area contributed by atoms with Crippen LogP contribution in [0.15, 0.2) is 36.4 Å². The van der Waals surface area contributed by atoms with Crippen molar-refractivity contribution in [2.75, 3.05) is 32.8 Å². The van der Waals surface area contributed by atoms with Crippen molar-refractivity contribution in [3.8, 4) is 5.75 Å². The number of carbonyl (C=O) groups excluding carboxylic acids is 1. The molecule has 0 radical (unpaired) electrons. The lowest BCUT2D eigenvalue weighted by molar-refractivity contribution is 0.0627. The van der Waals surface area contributed by atoms with Gasteiger partial charge < -0.3 is 9.64 Å². The maximum atomic E-state index is 12.9. The summed E-state index contributed by atoms with van der Waals surface area (Å²) < 4.78 is 5.59. The molecule has 0 spiro atoms. The zero-order chi connectivity index (χ0) is 18.1. The second-order valence-corrected chi connectivity index (χ2v) is 7.36. The predicted octanol–water partition coefficient (Wildman–Crippen LogP) is 3.20. The molecule has 0 aromatic heterocycles. The molecule has 2 aliphatic heterocycles. The first-order chi connectivity index (χ1) is 12.6. The summed E-state index contributed by atoms with van der Waals surface area (Å²) >= 11 is 0. The van der Waals surface area contributed by atoms with Crippen LogP contribution < -0.4 is 4.74 Å². The van der Waals surface area contributed by atoms with E-state index >= 15 is 0 Å². The molecule has 0 atom stereocenters. The number of hydrogen-bond acceptors (Lipinski definition) is 3. The molecule has 4 nitrogen and oxygen atoms in total. The molecule has 26 heavy (non-hydrogen) atoms. The third-order valence-electron chi connectivity index (χ3n) is 5.65. The van der Waals surface area contributed by atoms with Crippen molar-refractivity contribution in [3.05, 3.63) is 64.2 Å². The molecule has 1 amide bonds. The van der Waals surface area contributed by atoms with Gasteiger partial charge in [-0.3, -0.25) is 9.69 Å². The summed E-state index contributed by atoms with van der Waals surface area (Å²) in [5.41, 5.74) is 5.78. The van der Waals surface area contributed by atoms with Gasteiger partial charge in [0.2, 0.25) is 0 Å². The first-order valence-electron chi connectivity index (χ1n) is 9.44. The van der Waals surface area contributed by atoms with Crippen LogP contribution in [-0.4, -0.2) is 48.5 Å². The highest BCUT2D eigenvalue weighted by molar-refractivity contribution is 5.96. The van der Waals surface area contributed by atoms with Gasteiger partial charge in [-0.1, -0.05) is 24.3 Å². The number of hydrogen-bond donors (Lipinski definition) is 0. The smallest absolute Gasteiger partial charge is 0.254 e. The zero-order valence-corrected chi connectivity index (χ0v) is 15.6. The van der Waals surface area contributed by atoms with E-state index in [2.05, 4.69) is 36.1 Å². The Morgan fingerprint density at radius 1 is 1.08 bits per heavy atom. The predicted molar refractivity (Wildman–Crippen MR) is 103 cm³/mol. The summed E-state index contributed by atoms with van der Waals surface area (Å²) in [6, 6.07) is 12.5. The molecule has 1 saturated heterocycles. The Morgan fingerprint density at radius 3 is 2.69 bits per heavy atom. The number of nitrogens with zero attached hydrogens (tertiary/aromatic N) is 2. The van der Waals surface area contributed by atoms with E-state index in [0.717, 1.165) is 62.6 Å². The Balaban J connectivity index is 1.37. The van der Waals surface area contributed by atoms with Crippen molar-refractivity contribution in [1.82, 2.24) is 9.80 Å². The molecular weight excluding hydrogens is 324 g/mol. The number of amides is 1. The quantitative estimate of drug-likeness (QED) is 0.852. The summed E-state index contributed by atoms with van der Waals surface area (Å²) in [6.45, 7) is 9.27. The first-order valence-corrected chi connectivity index (χ1v) is 9.44. The van der Waals surface area contributed by atoms with Crippen LogP contribution in [0.5, 0.6) is 5.75 Å². The van der Waals surface area contributed by atoms with E-state index in [9.17, 15) is 4.79 Å².